The van der Waals surface area contributed by atoms with E-state index in [4.69, 9.17) is 0 Å². The predicted octanol–water partition coefficient (Wildman–Crippen LogP) is 2.48. The molecule has 17 heavy (non-hydrogen) atoms. The second-order valence-electron chi connectivity index (χ2n) is 6.05. The summed E-state index contributed by atoms with van der Waals surface area (Å²) in [6, 6.07) is 0.581. The molecule has 2 N–H and O–H groups in total. The first-order chi connectivity index (χ1) is 7.80. The van der Waals surface area contributed by atoms with E-state index in [1.165, 1.54) is 6.42 Å². The van der Waals surface area contributed by atoms with Gasteiger partial charge in [0.1, 0.15) is 0 Å². The molecule has 0 amide bonds. The Morgan fingerprint density at radius 1 is 1.47 bits per heavy atom. The second-order valence-corrected chi connectivity index (χ2v) is 7.56. The number of guanidine groups is 1. The molecule has 0 radical (unpaired) electrons. The number of thioether (sulfide) groups is 1. The van der Waals surface area contributed by atoms with Crippen LogP contribution in [-0.4, -0.2) is 36.1 Å². The topological polar surface area (TPSA) is 36.4 Å². The summed E-state index contributed by atoms with van der Waals surface area (Å²) in [5.74, 6) is 0.963. The molecule has 1 atom stereocenters. The van der Waals surface area contributed by atoms with E-state index in [1.807, 2.05) is 11.8 Å². The van der Waals surface area contributed by atoms with Crippen molar-refractivity contribution in [1.29, 1.82) is 0 Å². The molecule has 0 aliphatic heterocycles. The summed E-state index contributed by atoms with van der Waals surface area (Å²) in [6.45, 7) is 12.9. The van der Waals surface area contributed by atoms with Crippen molar-refractivity contribution in [3.05, 3.63) is 0 Å². The van der Waals surface area contributed by atoms with Crippen LogP contribution in [0.4, 0.5) is 0 Å². The van der Waals surface area contributed by atoms with Gasteiger partial charge in [0.2, 0.25) is 0 Å². The number of aliphatic imine (C=N–C) groups is 1. The predicted molar refractivity (Wildman–Crippen MR) is 78.9 cm³/mol. The van der Waals surface area contributed by atoms with Crippen molar-refractivity contribution < 1.29 is 0 Å². The molecule has 1 fully saturated rings. The molecular weight excluding hydrogens is 230 g/mol. The molecule has 4 heteroatoms. The van der Waals surface area contributed by atoms with Crippen LogP contribution in [0.15, 0.2) is 4.99 Å². The van der Waals surface area contributed by atoms with Crippen LogP contribution in [0.25, 0.3) is 0 Å². The van der Waals surface area contributed by atoms with E-state index in [0.29, 0.717) is 11.5 Å². The van der Waals surface area contributed by atoms with E-state index < -0.39 is 0 Å². The van der Waals surface area contributed by atoms with Crippen LogP contribution in [0.3, 0.4) is 0 Å². The molecule has 1 aliphatic rings. The van der Waals surface area contributed by atoms with Gasteiger partial charge in [0.25, 0.3) is 0 Å². The quantitative estimate of drug-likeness (QED) is 0.587. The fraction of sp³-hybridized carbons (Fsp3) is 0.923. The fourth-order valence-corrected chi connectivity index (χ4v) is 1.73. The Hall–Kier alpha value is -0.380. The molecule has 1 aliphatic carbocycles. The maximum Gasteiger partial charge on any atom is 0.191 e. The Labute approximate surface area is 110 Å². The molecule has 1 saturated carbocycles. The highest BCUT2D eigenvalue weighted by atomic mass is 32.2. The molecule has 0 bridgehead atoms. The van der Waals surface area contributed by atoms with Crippen molar-refractivity contribution in [1.82, 2.24) is 10.6 Å². The number of rotatable bonds is 5. The zero-order valence-corrected chi connectivity index (χ0v) is 12.9. The Bertz CT molecular complexity index is 284. The van der Waals surface area contributed by atoms with Gasteiger partial charge in [-0.2, -0.15) is 11.8 Å². The first kappa shape index (κ1) is 14.7. The maximum absolute atomic E-state index is 4.68. The zero-order valence-electron chi connectivity index (χ0n) is 12.1. The lowest BCUT2D eigenvalue weighted by Gasteiger charge is -2.20. The average molecular weight is 257 g/mol. The lowest BCUT2D eigenvalue weighted by molar-refractivity contribution is 0.588. The van der Waals surface area contributed by atoms with Crippen LogP contribution in [0.2, 0.25) is 0 Å². The minimum Gasteiger partial charge on any atom is -0.357 e. The van der Waals surface area contributed by atoms with Gasteiger partial charge in [-0.15, -0.1) is 0 Å². The van der Waals surface area contributed by atoms with E-state index in [2.05, 4.69) is 56.5 Å². The van der Waals surface area contributed by atoms with Crippen LogP contribution >= 0.6 is 11.8 Å². The van der Waals surface area contributed by atoms with Gasteiger partial charge < -0.3 is 10.6 Å². The molecule has 1 rings (SSSR count). The highest BCUT2D eigenvalue weighted by Crippen LogP contribution is 2.44. The lowest BCUT2D eigenvalue weighted by atomic mass is 10.2. The molecule has 0 saturated heterocycles. The van der Waals surface area contributed by atoms with Crippen LogP contribution < -0.4 is 10.6 Å². The minimum absolute atomic E-state index is 0.210. The van der Waals surface area contributed by atoms with Gasteiger partial charge in [-0.05, 0) is 38.9 Å². The third-order valence-corrected chi connectivity index (χ3v) is 4.57. The molecule has 0 aromatic carbocycles. The molecular formula is C13H27N3S. The largest absolute Gasteiger partial charge is 0.357 e. The van der Waals surface area contributed by atoms with E-state index in [1.54, 1.807) is 0 Å². The summed E-state index contributed by atoms with van der Waals surface area (Å²) in [4.78, 5) is 4.68. The van der Waals surface area contributed by atoms with Crippen LogP contribution in [0.5, 0.6) is 0 Å². The Morgan fingerprint density at radius 2 is 2.06 bits per heavy atom. The second kappa shape index (κ2) is 5.51. The third kappa shape index (κ3) is 4.78. The van der Waals surface area contributed by atoms with E-state index in [-0.39, 0.29) is 4.75 Å². The lowest BCUT2D eigenvalue weighted by Crippen LogP contribution is -2.40. The number of hydrogen-bond donors (Lipinski definition) is 2. The van der Waals surface area contributed by atoms with Gasteiger partial charge in [0.05, 0.1) is 6.54 Å². The normalized spacial score (nSPS) is 23.4. The summed E-state index contributed by atoms with van der Waals surface area (Å²) in [5.41, 5.74) is 0.436. The van der Waals surface area contributed by atoms with Gasteiger partial charge in [-0.25, -0.2) is 0 Å². The molecule has 1 unspecified atom stereocenters. The highest BCUT2D eigenvalue weighted by Gasteiger charge is 2.46. The van der Waals surface area contributed by atoms with Crippen molar-refractivity contribution in [2.75, 3.05) is 19.3 Å². The Kier molecular flexibility index (Phi) is 4.76. The van der Waals surface area contributed by atoms with Gasteiger partial charge in [-0.1, -0.05) is 13.8 Å². The summed E-state index contributed by atoms with van der Waals surface area (Å²) >= 11 is 1.86. The van der Waals surface area contributed by atoms with Crippen molar-refractivity contribution in [3.63, 3.8) is 0 Å². The zero-order chi connectivity index (χ0) is 13.1. The smallest absolute Gasteiger partial charge is 0.191 e. The standard InChI is InChI=1S/C13H27N3S/c1-7-14-11(15-9-13(4,5)17-6)16-10-8-12(10,2)3/h10H,7-9H2,1-6H3,(H2,14,15,16). The average Bonchev–Trinajstić information content (AvgIpc) is 2.83. The van der Waals surface area contributed by atoms with Crippen molar-refractivity contribution in [2.24, 2.45) is 10.4 Å². The van der Waals surface area contributed by atoms with E-state index in [0.717, 1.165) is 19.0 Å². The monoisotopic (exact) mass is 257 g/mol. The highest BCUT2D eigenvalue weighted by molar-refractivity contribution is 7.99. The number of hydrogen-bond acceptors (Lipinski definition) is 2. The van der Waals surface area contributed by atoms with Gasteiger partial charge >= 0.3 is 0 Å². The van der Waals surface area contributed by atoms with E-state index in [9.17, 15) is 0 Å². The summed E-state index contributed by atoms with van der Waals surface area (Å²) < 4.78 is 0.210. The first-order valence-electron chi connectivity index (χ1n) is 6.41. The van der Waals surface area contributed by atoms with Crippen molar-refractivity contribution >= 4 is 17.7 Å². The van der Waals surface area contributed by atoms with E-state index >= 15 is 0 Å². The molecule has 0 spiro atoms. The van der Waals surface area contributed by atoms with Gasteiger partial charge in [-0.3, -0.25) is 4.99 Å². The van der Waals surface area contributed by atoms with Gasteiger partial charge in [0.15, 0.2) is 5.96 Å². The SMILES string of the molecule is CCNC(=NCC(C)(C)SC)NC1CC1(C)C. The van der Waals surface area contributed by atoms with Crippen molar-refractivity contribution in [3.8, 4) is 0 Å². The van der Waals surface area contributed by atoms with Crippen molar-refractivity contribution in [2.45, 2.75) is 51.8 Å². The summed E-state index contributed by atoms with van der Waals surface area (Å²) in [7, 11) is 0. The number of nitrogens with zero attached hydrogens (tertiary/aromatic N) is 1. The third-order valence-electron chi connectivity index (χ3n) is 3.34. The first-order valence-corrected chi connectivity index (χ1v) is 7.63. The van der Waals surface area contributed by atoms with Gasteiger partial charge in [0, 0.05) is 17.3 Å². The minimum atomic E-state index is 0.210. The summed E-state index contributed by atoms with van der Waals surface area (Å²) in [5, 5.41) is 6.83. The fourth-order valence-electron chi connectivity index (χ4n) is 1.53. The molecule has 0 aromatic heterocycles. The van der Waals surface area contributed by atoms with Crippen LogP contribution in [-0.2, 0) is 0 Å². The van der Waals surface area contributed by atoms with Crippen LogP contribution in [0.1, 0.15) is 41.0 Å². The molecule has 0 heterocycles. The number of nitrogens with one attached hydrogen (secondary N) is 2. The summed E-state index contributed by atoms with van der Waals surface area (Å²) in [6.07, 6.45) is 3.38. The Balaban J connectivity index is 2.50. The molecule has 100 valence electrons. The Morgan fingerprint density at radius 3 is 2.47 bits per heavy atom. The van der Waals surface area contributed by atoms with Crippen LogP contribution in [0, 0.1) is 5.41 Å². The molecule has 0 aromatic rings. The molecule has 3 nitrogen and oxygen atoms in total. The maximum atomic E-state index is 4.68.